The minimum Gasteiger partial charge on any atom is -0.396 e. The molecule has 0 spiro atoms. The molecule has 3 heteroatoms. The highest BCUT2D eigenvalue weighted by Crippen LogP contribution is 2.08. The number of thioether (sulfide) groups is 1. The number of rotatable bonds is 7. The monoisotopic (exact) mass is 177 g/mol. The van der Waals surface area contributed by atoms with Gasteiger partial charge in [0.1, 0.15) is 0 Å². The van der Waals surface area contributed by atoms with E-state index in [4.69, 9.17) is 5.11 Å². The molecule has 1 atom stereocenters. The number of aliphatic hydroxyl groups is 1. The van der Waals surface area contributed by atoms with Crippen molar-refractivity contribution >= 4 is 11.8 Å². The molecule has 0 aromatic heterocycles. The molecule has 11 heavy (non-hydrogen) atoms. The lowest BCUT2D eigenvalue weighted by molar-refractivity contribution is 0.250. The van der Waals surface area contributed by atoms with Gasteiger partial charge in [0.05, 0.1) is 0 Å². The first kappa shape index (κ1) is 11.3. The van der Waals surface area contributed by atoms with E-state index < -0.39 is 0 Å². The fourth-order valence-corrected chi connectivity index (χ4v) is 1.71. The van der Waals surface area contributed by atoms with Gasteiger partial charge in [0, 0.05) is 6.61 Å². The van der Waals surface area contributed by atoms with Gasteiger partial charge in [0.2, 0.25) is 0 Å². The summed E-state index contributed by atoms with van der Waals surface area (Å²) in [6.07, 6.45) is 1.22. The summed E-state index contributed by atoms with van der Waals surface area (Å²) in [6, 6.07) is 0. The Labute approximate surface area is 73.8 Å². The van der Waals surface area contributed by atoms with Crippen molar-refractivity contribution in [3.05, 3.63) is 0 Å². The molecular weight excluding hydrogens is 158 g/mol. The van der Waals surface area contributed by atoms with Crippen LogP contribution in [0.1, 0.15) is 13.3 Å². The van der Waals surface area contributed by atoms with Crippen LogP contribution in [0.25, 0.3) is 0 Å². The minimum absolute atomic E-state index is 0.318. The first-order chi connectivity index (χ1) is 5.31. The Hall–Kier alpha value is 0.270. The van der Waals surface area contributed by atoms with Crippen molar-refractivity contribution in [1.82, 2.24) is 5.32 Å². The normalized spacial score (nSPS) is 13.4. The van der Waals surface area contributed by atoms with E-state index in [2.05, 4.69) is 12.2 Å². The van der Waals surface area contributed by atoms with Crippen molar-refractivity contribution in [2.45, 2.75) is 13.3 Å². The van der Waals surface area contributed by atoms with Gasteiger partial charge in [-0.25, -0.2) is 0 Å². The van der Waals surface area contributed by atoms with Crippen LogP contribution in [0.15, 0.2) is 0 Å². The number of hydrogen-bond acceptors (Lipinski definition) is 3. The third-order valence-corrected chi connectivity index (χ3v) is 2.81. The van der Waals surface area contributed by atoms with E-state index in [1.807, 2.05) is 18.8 Å². The van der Waals surface area contributed by atoms with Crippen molar-refractivity contribution in [2.24, 2.45) is 5.92 Å². The minimum atomic E-state index is 0.318. The van der Waals surface area contributed by atoms with Crippen molar-refractivity contribution in [2.75, 3.05) is 31.7 Å². The van der Waals surface area contributed by atoms with Crippen LogP contribution in [0.5, 0.6) is 0 Å². The molecule has 0 aromatic carbocycles. The second-order valence-electron chi connectivity index (χ2n) is 2.82. The van der Waals surface area contributed by atoms with Gasteiger partial charge in [-0.2, -0.15) is 11.8 Å². The highest BCUT2D eigenvalue weighted by atomic mass is 32.2. The van der Waals surface area contributed by atoms with E-state index in [0.29, 0.717) is 12.5 Å². The molecule has 0 aliphatic carbocycles. The van der Waals surface area contributed by atoms with Crippen LogP contribution in [0, 0.1) is 5.92 Å². The summed E-state index contributed by atoms with van der Waals surface area (Å²) in [5.74, 6) is 2.74. The number of nitrogens with one attached hydrogen (secondary N) is 1. The maximum absolute atomic E-state index is 8.71. The average Bonchev–Trinajstić information content (AvgIpc) is 2.04. The van der Waals surface area contributed by atoms with Gasteiger partial charge >= 0.3 is 0 Å². The first-order valence-electron chi connectivity index (χ1n) is 4.14. The largest absolute Gasteiger partial charge is 0.396 e. The van der Waals surface area contributed by atoms with Crippen LogP contribution < -0.4 is 5.32 Å². The smallest absolute Gasteiger partial charge is 0.0464 e. The quantitative estimate of drug-likeness (QED) is 0.568. The van der Waals surface area contributed by atoms with Crippen LogP contribution >= 0.6 is 11.8 Å². The average molecular weight is 177 g/mol. The second-order valence-corrected chi connectivity index (χ2v) is 3.97. The van der Waals surface area contributed by atoms with Gasteiger partial charge in [0.15, 0.2) is 0 Å². The summed E-state index contributed by atoms with van der Waals surface area (Å²) < 4.78 is 0. The fourth-order valence-electron chi connectivity index (χ4n) is 0.688. The molecule has 0 bridgehead atoms. The molecule has 2 nitrogen and oxygen atoms in total. The van der Waals surface area contributed by atoms with Crippen molar-refractivity contribution in [3.8, 4) is 0 Å². The maximum atomic E-state index is 8.71. The van der Waals surface area contributed by atoms with Gasteiger partial charge in [-0.05, 0) is 37.4 Å². The Kier molecular flexibility index (Phi) is 8.57. The molecular formula is C8H19NOS. The Morgan fingerprint density at radius 3 is 2.82 bits per heavy atom. The standard InChI is InChI=1S/C8H19NOS/c1-8(6-10)7-11-5-3-4-9-2/h8-10H,3-7H2,1-2H3. The second kappa shape index (κ2) is 8.37. The molecule has 2 N–H and O–H groups in total. The first-order valence-corrected chi connectivity index (χ1v) is 5.30. The topological polar surface area (TPSA) is 32.3 Å². The molecule has 1 unspecified atom stereocenters. The summed E-state index contributed by atoms with van der Waals surface area (Å²) in [6.45, 7) is 3.49. The molecule has 0 rings (SSSR count). The summed E-state index contributed by atoms with van der Waals surface area (Å²) in [4.78, 5) is 0. The van der Waals surface area contributed by atoms with Gasteiger partial charge in [-0.3, -0.25) is 0 Å². The number of hydrogen-bond donors (Lipinski definition) is 2. The zero-order valence-electron chi connectivity index (χ0n) is 7.47. The zero-order valence-corrected chi connectivity index (χ0v) is 8.28. The summed E-state index contributed by atoms with van der Waals surface area (Å²) >= 11 is 1.93. The molecule has 68 valence electrons. The van der Waals surface area contributed by atoms with E-state index in [1.54, 1.807) is 0 Å². The highest BCUT2D eigenvalue weighted by molar-refractivity contribution is 7.99. The number of aliphatic hydroxyl groups excluding tert-OH is 1. The molecule has 0 heterocycles. The van der Waals surface area contributed by atoms with Gasteiger partial charge in [0.25, 0.3) is 0 Å². The lowest BCUT2D eigenvalue weighted by atomic mass is 10.2. The van der Waals surface area contributed by atoms with Crippen molar-refractivity contribution < 1.29 is 5.11 Å². The van der Waals surface area contributed by atoms with E-state index in [-0.39, 0.29) is 0 Å². The molecule has 0 saturated carbocycles. The van der Waals surface area contributed by atoms with Crippen LogP contribution in [-0.4, -0.2) is 36.8 Å². The maximum Gasteiger partial charge on any atom is 0.0464 e. The third-order valence-electron chi connectivity index (χ3n) is 1.43. The van der Waals surface area contributed by atoms with E-state index >= 15 is 0 Å². The summed E-state index contributed by atoms with van der Waals surface area (Å²) in [7, 11) is 1.97. The SMILES string of the molecule is CNCCCSCC(C)CO. The molecule has 0 aliphatic heterocycles. The van der Waals surface area contributed by atoms with Gasteiger partial charge < -0.3 is 10.4 Å². The van der Waals surface area contributed by atoms with Crippen molar-refractivity contribution in [3.63, 3.8) is 0 Å². The van der Waals surface area contributed by atoms with Crippen LogP contribution in [0.2, 0.25) is 0 Å². The zero-order chi connectivity index (χ0) is 8.53. The Bertz CT molecular complexity index is 80.5. The highest BCUT2D eigenvalue weighted by Gasteiger charge is 1.98. The van der Waals surface area contributed by atoms with Crippen LogP contribution in [0.3, 0.4) is 0 Å². The third kappa shape index (κ3) is 8.17. The van der Waals surface area contributed by atoms with Crippen LogP contribution in [0.4, 0.5) is 0 Å². The summed E-state index contributed by atoms with van der Waals surface area (Å²) in [5.41, 5.74) is 0. The fraction of sp³-hybridized carbons (Fsp3) is 1.00. The van der Waals surface area contributed by atoms with Gasteiger partial charge in [-0.1, -0.05) is 6.92 Å². The molecule has 0 radical (unpaired) electrons. The predicted molar refractivity (Wildman–Crippen MR) is 52.1 cm³/mol. The Balaban J connectivity index is 2.89. The van der Waals surface area contributed by atoms with E-state index in [0.717, 1.165) is 12.3 Å². The molecule has 0 amide bonds. The lowest BCUT2D eigenvalue weighted by Gasteiger charge is -2.06. The molecule has 0 fully saturated rings. The van der Waals surface area contributed by atoms with E-state index in [9.17, 15) is 0 Å². The molecule has 0 aliphatic rings. The van der Waals surface area contributed by atoms with Gasteiger partial charge in [-0.15, -0.1) is 0 Å². The lowest BCUT2D eigenvalue weighted by Crippen LogP contribution is -2.09. The predicted octanol–water partition coefficient (Wildman–Crippen LogP) is 0.957. The van der Waals surface area contributed by atoms with E-state index in [1.165, 1.54) is 12.2 Å². The summed E-state index contributed by atoms with van der Waals surface area (Å²) in [5, 5.41) is 11.8. The Morgan fingerprint density at radius 2 is 2.27 bits per heavy atom. The molecule has 0 aromatic rings. The Morgan fingerprint density at radius 1 is 1.55 bits per heavy atom. The van der Waals surface area contributed by atoms with Crippen molar-refractivity contribution in [1.29, 1.82) is 0 Å². The molecule has 0 saturated heterocycles. The van der Waals surface area contributed by atoms with Crippen LogP contribution in [-0.2, 0) is 0 Å².